The summed E-state index contributed by atoms with van der Waals surface area (Å²) in [5, 5.41) is 8.09. The first-order valence-electron chi connectivity index (χ1n) is 9.75. The third-order valence-electron chi connectivity index (χ3n) is 5.50. The van der Waals surface area contributed by atoms with E-state index in [2.05, 4.69) is 39.6 Å². The van der Waals surface area contributed by atoms with Crippen molar-refractivity contribution in [2.24, 2.45) is 0 Å². The van der Waals surface area contributed by atoms with Gasteiger partial charge >= 0.3 is 0 Å². The summed E-state index contributed by atoms with van der Waals surface area (Å²) in [7, 11) is 0. The lowest BCUT2D eigenvalue weighted by Gasteiger charge is -2.24. The molecule has 28 heavy (non-hydrogen) atoms. The summed E-state index contributed by atoms with van der Waals surface area (Å²) in [6, 6.07) is 4.59. The normalized spacial score (nSPS) is 14.9. The first kappa shape index (κ1) is 18.2. The zero-order chi connectivity index (χ0) is 19.7. The molecule has 0 aliphatic heterocycles. The number of anilines is 1. The first-order chi connectivity index (χ1) is 13.5. The second-order valence-corrected chi connectivity index (χ2v) is 7.47. The summed E-state index contributed by atoms with van der Waals surface area (Å²) in [5.74, 6) is 0.271. The van der Waals surface area contributed by atoms with E-state index in [0.717, 1.165) is 39.2 Å². The standard InChI is InChI=1S/C22H26N6/c1-14(19-12-24-22(23)27-15(19)2)17-9-10-28-21(11-17)20(13-25-28)16(3)26-18-7-5-4-6-8-18/h9-13,18,26H,1,3-8H2,2H3,(H2,23,24,27). The maximum atomic E-state index is 5.68. The number of rotatable bonds is 5. The number of fused-ring (bicyclic) bond motifs is 1. The van der Waals surface area contributed by atoms with Crippen molar-refractivity contribution < 1.29 is 0 Å². The van der Waals surface area contributed by atoms with Crippen molar-refractivity contribution >= 4 is 22.7 Å². The smallest absolute Gasteiger partial charge is 0.220 e. The number of pyridine rings is 1. The molecule has 4 rings (SSSR count). The molecule has 3 aromatic heterocycles. The van der Waals surface area contributed by atoms with E-state index < -0.39 is 0 Å². The first-order valence-corrected chi connectivity index (χ1v) is 9.75. The average molecular weight is 374 g/mol. The van der Waals surface area contributed by atoms with Crippen LogP contribution in [0.1, 0.15) is 54.5 Å². The number of nitrogens with zero attached hydrogens (tertiary/aromatic N) is 4. The SMILES string of the molecule is C=C(c1ccn2ncc(C(=C)NC3CCCCC3)c2c1)c1cnc(N)nc1C. The van der Waals surface area contributed by atoms with Crippen LogP contribution in [0.4, 0.5) is 5.95 Å². The van der Waals surface area contributed by atoms with Gasteiger partial charge in [0, 0.05) is 35.3 Å². The molecule has 3 heterocycles. The number of aromatic nitrogens is 4. The number of hydrogen-bond acceptors (Lipinski definition) is 5. The molecule has 1 fully saturated rings. The van der Waals surface area contributed by atoms with Gasteiger partial charge in [0.1, 0.15) is 0 Å². The van der Waals surface area contributed by atoms with Crippen LogP contribution in [0, 0.1) is 6.92 Å². The lowest BCUT2D eigenvalue weighted by atomic mass is 9.95. The minimum Gasteiger partial charge on any atom is -0.382 e. The predicted molar refractivity (Wildman–Crippen MR) is 114 cm³/mol. The van der Waals surface area contributed by atoms with Crippen LogP contribution in [0.3, 0.4) is 0 Å². The van der Waals surface area contributed by atoms with Gasteiger partial charge in [-0.3, -0.25) is 0 Å². The van der Waals surface area contributed by atoms with Crippen LogP contribution in [0.15, 0.2) is 43.9 Å². The molecule has 1 saturated carbocycles. The number of nitrogens with two attached hydrogens (primary N) is 1. The van der Waals surface area contributed by atoms with E-state index in [1.54, 1.807) is 6.20 Å². The number of hydrogen-bond donors (Lipinski definition) is 2. The van der Waals surface area contributed by atoms with Crippen molar-refractivity contribution in [2.75, 3.05) is 5.73 Å². The Balaban J connectivity index is 1.64. The second kappa shape index (κ2) is 7.46. The third-order valence-corrected chi connectivity index (χ3v) is 5.50. The Morgan fingerprint density at radius 2 is 1.96 bits per heavy atom. The van der Waals surface area contributed by atoms with Crippen molar-refractivity contribution in [3.05, 3.63) is 66.3 Å². The zero-order valence-electron chi connectivity index (χ0n) is 16.3. The van der Waals surface area contributed by atoms with Crippen LogP contribution in [-0.4, -0.2) is 25.6 Å². The summed E-state index contributed by atoms with van der Waals surface area (Å²) in [5.41, 5.74) is 12.2. The molecule has 3 N–H and O–H groups in total. The van der Waals surface area contributed by atoms with Crippen molar-refractivity contribution in [3.8, 4) is 0 Å². The highest BCUT2D eigenvalue weighted by atomic mass is 15.2. The molecule has 0 spiro atoms. The van der Waals surface area contributed by atoms with Crippen LogP contribution in [0.2, 0.25) is 0 Å². The number of aryl methyl sites for hydroxylation is 1. The lowest BCUT2D eigenvalue weighted by Crippen LogP contribution is -2.29. The predicted octanol–water partition coefficient (Wildman–Crippen LogP) is 3.97. The topological polar surface area (TPSA) is 81.1 Å². The van der Waals surface area contributed by atoms with E-state index in [0.29, 0.717) is 6.04 Å². The Hall–Kier alpha value is -3.15. The largest absolute Gasteiger partial charge is 0.382 e. The number of nitrogen functional groups attached to an aromatic ring is 1. The van der Waals surface area contributed by atoms with Gasteiger partial charge in [-0.2, -0.15) is 5.10 Å². The molecule has 0 bridgehead atoms. The fourth-order valence-corrected chi connectivity index (χ4v) is 3.91. The zero-order valence-corrected chi connectivity index (χ0v) is 16.3. The van der Waals surface area contributed by atoms with Gasteiger partial charge in [-0.1, -0.05) is 32.4 Å². The van der Waals surface area contributed by atoms with Gasteiger partial charge in [-0.25, -0.2) is 14.5 Å². The van der Waals surface area contributed by atoms with Gasteiger partial charge in [-0.15, -0.1) is 0 Å². The molecule has 0 saturated heterocycles. The van der Waals surface area contributed by atoms with Gasteiger partial charge < -0.3 is 11.1 Å². The minimum atomic E-state index is 0.271. The van der Waals surface area contributed by atoms with E-state index in [9.17, 15) is 0 Å². The Bertz CT molecular complexity index is 1040. The van der Waals surface area contributed by atoms with Crippen molar-refractivity contribution in [2.45, 2.75) is 45.1 Å². The van der Waals surface area contributed by atoms with Crippen LogP contribution >= 0.6 is 0 Å². The van der Waals surface area contributed by atoms with Gasteiger partial charge in [0.25, 0.3) is 0 Å². The Labute approximate surface area is 165 Å². The Kier molecular flexibility index (Phi) is 4.86. The molecular formula is C22H26N6. The molecule has 6 heteroatoms. The molecule has 0 aromatic carbocycles. The van der Waals surface area contributed by atoms with E-state index >= 15 is 0 Å². The van der Waals surface area contributed by atoms with Crippen molar-refractivity contribution in [3.63, 3.8) is 0 Å². The highest BCUT2D eigenvalue weighted by molar-refractivity contribution is 5.83. The van der Waals surface area contributed by atoms with Gasteiger partial charge in [-0.05, 0) is 43.0 Å². The summed E-state index contributed by atoms with van der Waals surface area (Å²) < 4.78 is 1.87. The van der Waals surface area contributed by atoms with Crippen LogP contribution in [0.25, 0.3) is 16.8 Å². The highest BCUT2D eigenvalue weighted by Crippen LogP contribution is 2.27. The van der Waals surface area contributed by atoms with E-state index in [1.165, 1.54) is 32.1 Å². The summed E-state index contributed by atoms with van der Waals surface area (Å²) in [4.78, 5) is 8.36. The fourth-order valence-electron chi connectivity index (χ4n) is 3.91. The fraction of sp³-hybridized carbons (Fsp3) is 0.318. The van der Waals surface area contributed by atoms with Gasteiger partial charge in [0.15, 0.2) is 0 Å². The molecule has 0 amide bonds. The minimum absolute atomic E-state index is 0.271. The molecule has 6 nitrogen and oxygen atoms in total. The maximum absolute atomic E-state index is 5.68. The summed E-state index contributed by atoms with van der Waals surface area (Å²) in [6.45, 7) is 10.4. The molecule has 3 aromatic rings. The van der Waals surface area contributed by atoms with E-state index in [4.69, 9.17) is 5.73 Å². The van der Waals surface area contributed by atoms with Crippen molar-refractivity contribution in [1.29, 1.82) is 0 Å². The van der Waals surface area contributed by atoms with Gasteiger partial charge in [0.05, 0.1) is 17.4 Å². The molecule has 0 atom stereocenters. The molecule has 144 valence electrons. The Morgan fingerprint density at radius 3 is 2.71 bits per heavy atom. The monoisotopic (exact) mass is 374 g/mol. The van der Waals surface area contributed by atoms with Crippen LogP contribution in [-0.2, 0) is 0 Å². The van der Waals surface area contributed by atoms with E-state index in [1.807, 2.05) is 29.9 Å². The average Bonchev–Trinajstić information content (AvgIpc) is 3.11. The molecular weight excluding hydrogens is 348 g/mol. The van der Waals surface area contributed by atoms with Gasteiger partial charge in [0.2, 0.25) is 5.95 Å². The molecule has 0 unspecified atom stereocenters. The van der Waals surface area contributed by atoms with Crippen molar-refractivity contribution in [1.82, 2.24) is 24.9 Å². The lowest BCUT2D eigenvalue weighted by molar-refractivity contribution is 0.409. The number of nitrogens with one attached hydrogen (secondary N) is 1. The maximum Gasteiger partial charge on any atom is 0.220 e. The molecule has 0 radical (unpaired) electrons. The Morgan fingerprint density at radius 1 is 1.18 bits per heavy atom. The quantitative estimate of drug-likeness (QED) is 0.706. The van der Waals surface area contributed by atoms with E-state index in [-0.39, 0.29) is 5.95 Å². The highest BCUT2D eigenvalue weighted by Gasteiger charge is 2.17. The molecule has 1 aliphatic carbocycles. The van der Waals surface area contributed by atoms with Crippen LogP contribution in [0.5, 0.6) is 0 Å². The molecule has 1 aliphatic rings. The summed E-state index contributed by atoms with van der Waals surface area (Å²) >= 11 is 0. The second-order valence-electron chi connectivity index (χ2n) is 7.47. The summed E-state index contributed by atoms with van der Waals surface area (Å²) in [6.07, 6.45) is 11.9. The third kappa shape index (κ3) is 3.50. The van der Waals surface area contributed by atoms with Crippen LogP contribution < -0.4 is 11.1 Å².